The molecule has 0 saturated carbocycles. The fourth-order valence-electron chi connectivity index (χ4n) is 3.51. The number of aromatic nitrogens is 2. The minimum atomic E-state index is -0.195. The van der Waals surface area contributed by atoms with Crippen molar-refractivity contribution in [1.29, 1.82) is 0 Å². The molecule has 8 heteroatoms. The molecule has 2 N–H and O–H groups in total. The first-order valence-electron chi connectivity index (χ1n) is 10.0. The number of nitrogens with zero attached hydrogens (tertiary/aromatic N) is 3. The number of rotatable bonds is 7. The van der Waals surface area contributed by atoms with Crippen LogP contribution in [0.15, 0.2) is 0 Å². The Morgan fingerprint density at radius 2 is 1.89 bits per heavy atom. The van der Waals surface area contributed by atoms with Crippen molar-refractivity contribution in [3.63, 3.8) is 0 Å². The number of imidazole rings is 1. The Morgan fingerprint density at radius 3 is 2.63 bits per heavy atom. The van der Waals surface area contributed by atoms with Gasteiger partial charge in [0.2, 0.25) is 0 Å². The van der Waals surface area contributed by atoms with Crippen molar-refractivity contribution >= 4 is 11.8 Å². The SMILES string of the molecule is CC(C)CNC(=O)c1nc(C(=O)NCCN2CCOCC2)c2n1CCCC2. The number of amides is 2. The van der Waals surface area contributed by atoms with Gasteiger partial charge in [-0.25, -0.2) is 4.98 Å². The molecule has 1 fully saturated rings. The van der Waals surface area contributed by atoms with E-state index in [9.17, 15) is 9.59 Å². The summed E-state index contributed by atoms with van der Waals surface area (Å²) in [4.78, 5) is 31.9. The maximum Gasteiger partial charge on any atom is 0.287 e. The molecule has 2 aliphatic heterocycles. The lowest BCUT2D eigenvalue weighted by Gasteiger charge is -2.26. The van der Waals surface area contributed by atoms with Gasteiger partial charge in [-0.3, -0.25) is 14.5 Å². The van der Waals surface area contributed by atoms with Crippen LogP contribution < -0.4 is 10.6 Å². The predicted molar refractivity (Wildman–Crippen MR) is 102 cm³/mol. The van der Waals surface area contributed by atoms with Crippen LogP contribution in [0.5, 0.6) is 0 Å². The molecular formula is C19H31N5O3. The average Bonchev–Trinajstić information content (AvgIpc) is 3.07. The molecule has 8 nitrogen and oxygen atoms in total. The number of carbonyl (C=O) groups excluding carboxylic acids is 2. The molecule has 150 valence electrons. The highest BCUT2D eigenvalue weighted by atomic mass is 16.5. The Hall–Kier alpha value is -1.93. The van der Waals surface area contributed by atoms with E-state index < -0.39 is 0 Å². The van der Waals surface area contributed by atoms with Gasteiger partial charge in [-0.05, 0) is 25.2 Å². The minimum absolute atomic E-state index is 0.184. The molecule has 0 radical (unpaired) electrons. The Balaban J connectivity index is 1.65. The van der Waals surface area contributed by atoms with E-state index in [4.69, 9.17) is 4.74 Å². The molecule has 27 heavy (non-hydrogen) atoms. The second-order valence-electron chi connectivity index (χ2n) is 7.65. The molecule has 0 spiro atoms. The van der Waals surface area contributed by atoms with Gasteiger partial charge in [0.15, 0.2) is 5.82 Å². The van der Waals surface area contributed by atoms with Gasteiger partial charge in [-0.15, -0.1) is 0 Å². The Labute approximate surface area is 160 Å². The quantitative estimate of drug-likeness (QED) is 0.729. The lowest BCUT2D eigenvalue weighted by Crippen LogP contribution is -2.41. The Morgan fingerprint density at radius 1 is 1.11 bits per heavy atom. The fourth-order valence-corrected chi connectivity index (χ4v) is 3.51. The number of hydrogen-bond donors (Lipinski definition) is 2. The number of fused-ring (bicyclic) bond motifs is 1. The minimum Gasteiger partial charge on any atom is -0.379 e. The molecule has 0 unspecified atom stereocenters. The zero-order chi connectivity index (χ0) is 19.2. The molecule has 0 atom stereocenters. The van der Waals surface area contributed by atoms with Crippen LogP contribution in [0.3, 0.4) is 0 Å². The van der Waals surface area contributed by atoms with E-state index in [1.165, 1.54) is 0 Å². The third-order valence-corrected chi connectivity index (χ3v) is 5.02. The molecule has 0 bridgehead atoms. The van der Waals surface area contributed by atoms with Crippen molar-refractivity contribution in [2.75, 3.05) is 45.9 Å². The number of hydrogen-bond acceptors (Lipinski definition) is 5. The molecule has 1 saturated heterocycles. The second kappa shape index (κ2) is 9.32. The zero-order valence-corrected chi connectivity index (χ0v) is 16.4. The van der Waals surface area contributed by atoms with Crippen LogP contribution in [0.2, 0.25) is 0 Å². The highest BCUT2D eigenvalue weighted by molar-refractivity contribution is 5.97. The Bertz CT molecular complexity index is 665. The summed E-state index contributed by atoms with van der Waals surface area (Å²) < 4.78 is 7.27. The van der Waals surface area contributed by atoms with Crippen LogP contribution in [-0.2, 0) is 17.7 Å². The van der Waals surface area contributed by atoms with Gasteiger partial charge >= 0.3 is 0 Å². The zero-order valence-electron chi connectivity index (χ0n) is 16.4. The van der Waals surface area contributed by atoms with E-state index in [-0.39, 0.29) is 11.8 Å². The predicted octanol–water partition coefficient (Wildman–Crippen LogP) is 0.667. The largest absolute Gasteiger partial charge is 0.379 e. The van der Waals surface area contributed by atoms with E-state index in [2.05, 4.69) is 34.4 Å². The highest BCUT2D eigenvalue weighted by Crippen LogP contribution is 2.21. The number of ether oxygens (including phenoxy) is 1. The molecule has 2 aliphatic rings. The molecule has 1 aromatic heterocycles. The molecule has 3 heterocycles. The maximum atomic E-state index is 12.7. The van der Waals surface area contributed by atoms with E-state index in [1.54, 1.807) is 0 Å². The normalized spacial score (nSPS) is 17.6. The van der Waals surface area contributed by atoms with Gasteiger partial charge in [0.1, 0.15) is 5.69 Å². The van der Waals surface area contributed by atoms with Gasteiger partial charge < -0.3 is 19.9 Å². The van der Waals surface area contributed by atoms with Crippen molar-refractivity contribution in [3.05, 3.63) is 17.2 Å². The van der Waals surface area contributed by atoms with E-state index in [1.807, 2.05) is 4.57 Å². The van der Waals surface area contributed by atoms with Gasteiger partial charge in [0.05, 0.1) is 18.9 Å². The van der Waals surface area contributed by atoms with E-state index in [0.29, 0.717) is 30.5 Å². The van der Waals surface area contributed by atoms with Crippen molar-refractivity contribution in [3.8, 4) is 0 Å². The van der Waals surface area contributed by atoms with Crippen LogP contribution in [0.25, 0.3) is 0 Å². The first-order chi connectivity index (χ1) is 13.1. The lowest BCUT2D eigenvalue weighted by molar-refractivity contribution is 0.0383. The van der Waals surface area contributed by atoms with Crippen molar-refractivity contribution in [2.45, 2.75) is 39.7 Å². The molecular weight excluding hydrogens is 346 g/mol. The number of nitrogens with one attached hydrogen (secondary N) is 2. The molecule has 3 rings (SSSR count). The first kappa shape index (κ1) is 19.8. The summed E-state index contributed by atoms with van der Waals surface area (Å²) in [5.74, 6) is 0.354. The van der Waals surface area contributed by atoms with Gasteiger partial charge in [-0.1, -0.05) is 13.8 Å². The molecule has 0 aromatic carbocycles. The van der Waals surface area contributed by atoms with Crippen LogP contribution in [0.1, 0.15) is 53.5 Å². The standard InChI is InChI=1S/C19H31N5O3/c1-14(2)13-21-19(26)17-22-16(15-5-3-4-7-24(15)17)18(25)20-6-8-23-9-11-27-12-10-23/h14H,3-13H2,1-2H3,(H,20,25)(H,21,26). The summed E-state index contributed by atoms with van der Waals surface area (Å²) in [7, 11) is 0. The van der Waals surface area contributed by atoms with Crippen LogP contribution in [0.4, 0.5) is 0 Å². The van der Waals surface area contributed by atoms with Gasteiger partial charge in [0.25, 0.3) is 11.8 Å². The monoisotopic (exact) mass is 377 g/mol. The summed E-state index contributed by atoms with van der Waals surface area (Å²) >= 11 is 0. The second-order valence-corrected chi connectivity index (χ2v) is 7.65. The van der Waals surface area contributed by atoms with Crippen molar-refractivity contribution < 1.29 is 14.3 Å². The summed E-state index contributed by atoms with van der Waals surface area (Å²) in [5.41, 5.74) is 1.30. The fraction of sp³-hybridized carbons (Fsp3) is 0.737. The third-order valence-electron chi connectivity index (χ3n) is 5.02. The smallest absolute Gasteiger partial charge is 0.287 e. The summed E-state index contributed by atoms with van der Waals surface area (Å²) in [6.45, 7) is 10.1. The maximum absolute atomic E-state index is 12.7. The molecule has 2 amide bonds. The molecule has 1 aromatic rings. The van der Waals surface area contributed by atoms with Gasteiger partial charge in [-0.2, -0.15) is 0 Å². The van der Waals surface area contributed by atoms with Crippen LogP contribution in [-0.4, -0.2) is 72.2 Å². The van der Waals surface area contributed by atoms with Crippen LogP contribution >= 0.6 is 0 Å². The molecule has 0 aliphatic carbocycles. The summed E-state index contributed by atoms with van der Waals surface area (Å²) in [6, 6.07) is 0. The highest BCUT2D eigenvalue weighted by Gasteiger charge is 2.27. The summed E-state index contributed by atoms with van der Waals surface area (Å²) in [5, 5.41) is 5.88. The average molecular weight is 377 g/mol. The topological polar surface area (TPSA) is 88.5 Å². The Kier molecular flexibility index (Phi) is 6.84. The van der Waals surface area contributed by atoms with E-state index in [0.717, 1.165) is 64.3 Å². The van der Waals surface area contributed by atoms with E-state index >= 15 is 0 Å². The van der Waals surface area contributed by atoms with Crippen molar-refractivity contribution in [2.24, 2.45) is 5.92 Å². The summed E-state index contributed by atoms with van der Waals surface area (Å²) in [6.07, 6.45) is 2.81. The number of carbonyl (C=O) groups is 2. The van der Waals surface area contributed by atoms with Crippen molar-refractivity contribution in [1.82, 2.24) is 25.1 Å². The number of morpholine rings is 1. The first-order valence-corrected chi connectivity index (χ1v) is 10.0. The third kappa shape index (κ3) is 5.07. The lowest BCUT2D eigenvalue weighted by atomic mass is 10.1. The van der Waals surface area contributed by atoms with Crippen LogP contribution in [0, 0.1) is 5.92 Å². The van der Waals surface area contributed by atoms with Gasteiger partial charge in [0, 0.05) is 39.3 Å².